The van der Waals surface area contributed by atoms with Gasteiger partial charge in [0.2, 0.25) is 0 Å². The highest BCUT2D eigenvalue weighted by molar-refractivity contribution is 6.30. The van der Waals surface area contributed by atoms with Gasteiger partial charge in [0.15, 0.2) is 0 Å². The van der Waals surface area contributed by atoms with Crippen LogP contribution < -0.4 is 5.32 Å². The van der Waals surface area contributed by atoms with Crippen LogP contribution in [-0.2, 0) is 0 Å². The number of halogens is 1. The van der Waals surface area contributed by atoms with E-state index >= 15 is 0 Å². The highest BCUT2D eigenvalue weighted by atomic mass is 35.5. The Kier molecular flexibility index (Phi) is 5.58. The van der Waals surface area contributed by atoms with Crippen LogP contribution in [0.4, 0.5) is 0 Å². The van der Waals surface area contributed by atoms with Gasteiger partial charge in [-0.25, -0.2) is 0 Å². The van der Waals surface area contributed by atoms with E-state index in [0.29, 0.717) is 0 Å². The molecule has 0 bridgehead atoms. The van der Waals surface area contributed by atoms with Crippen LogP contribution >= 0.6 is 11.6 Å². The fourth-order valence-electron chi connectivity index (χ4n) is 1.58. The minimum atomic E-state index is 0.805. The molecule has 0 unspecified atom stereocenters. The van der Waals surface area contributed by atoms with Crippen molar-refractivity contribution in [2.45, 2.75) is 27.2 Å². The Bertz CT molecular complexity index is 369. The average molecular weight is 238 g/mol. The zero-order valence-electron chi connectivity index (χ0n) is 10.3. The fraction of sp³-hybridized carbons (Fsp3) is 0.429. The smallest absolute Gasteiger partial charge is 0.0409 e. The normalized spacial score (nSPS) is 11.9. The van der Waals surface area contributed by atoms with Gasteiger partial charge in [-0.3, -0.25) is 0 Å². The predicted octanol–water partition coefficient (Wildman–Crippen LogP) is 4.05. The molecule has 0 saturated carbocycles. The van der Waals surface area contributed by atoms with Gasteiger partial charge in [-0.1, -0.05) is 43.2 Å². The minimum Gasteiger partial charge on any atom is -0.313 e. The third-order valence-electron chi connectivity index (χ3n) is 2.65. The van der Waals surface area contributed by atoms with E-state index in [1.165, 1.54) is 16.7 Å². The van der Waals surface area contributed by atoms with Crippen LogP contribution in [0, 0.1) is 6.92 Å². The molecule has 2 heteroatoms. The van der Waals surface area contributed by atoms with Crippen molar-refractivity contribution in [1.29, 1.82) is 0 Å². The van der Waals surface area contributed by atoms with Crippen molar-refractivity contribution in [3.63, 3.8) is 0 Å². The molecule has 1 nitrogen and oxygen atoms in total. The zero-order chi connectivity index (χ0) is 12.0. The molecule has 0 aliphatic rings. The highest BCUT2D eigenvalue weighted by Gasteiger charge is 1.99. The topological polar surface area (TPSA) is 12.0 Å². The Labute approximate surface area is 104 Å². The largest absolute Gasteiger partial charge is 0.313 e. The monoisotopic (exact) mass is 237 g/mol. The molecule has 0 atom stereocenters. The lowest BCUT2D eigenvalue weighted by atomic mass is 10.0. The van der Waals surface area contributed by atoms with Gasteiger partial charge in [-0.2, -0.15) is 0 Å². The molecule has 88 valence electrons. The number of likely N-dealkylation sites (N-methyl/N-ethyl adjacent to an activating group) is 1. The molecule has 0 radical (unpaired) electrons. The first-order valence-electron chi connectivity index (χ1n) is 5.83. The predicted molar refractivity (Wildman–Crippen MR) is 73.0 cm³/mol. The van der Waals surface area contributed by atoms with E-state index in [1.807, 2.05) is 12.1 Å². The summed E-state index contributed by atoms with van der Waals surface area (Å²) in [5, 5.41) is 4.16. The van der Waals surface area contributed by atoms with E-state index in [2.05, 4.69) is 38.2 Å². The van der Waals surface area contributed by atoms with Gasteiger partial charge >= 0.3 is 0 Å². The van der Waals surface area contributed by atoms with Crippen molar-refractivity contribution >= 4 is 17.7 Å². The molecule has 16 heavy (non-hydrogen) atoms. The molecular formula is C14H20ClN. The Morgan fingerprint density at radius 1 is 1.38 bits per heavy atom. The zero-order valence-corrected chi connectivity index (χ0v) is 11.1. The number of nitrogens with one attached hydrogen (secondary N) is 1. The molecule has 0 saturated heterocycles. The molecule has 0 fully saturated rings. The molecule has 1 aromatic carbocycles. The van der Waals surface area contributed by atoms with Crippen molar-refractivity contribution < 1.29 is 0 Å². The first-order chi connectivity index (χ1) is 7.67. The lowest BCUT2D eigenvalue weighted by molar-refractivity contribution is 0.762. The van der Waals surface area contributed by atoms with Gasteiger partial charge in [0.05, 0.1) is 0 Å². The lowest BCUT2D eigenvalue weighted by Crippen LogP contribution is -2.15. The standard InChI is InChI=1S/C14H20ClN/c1-4-12(10-16-5-2)9-13-6-7-14(15)8-11(13)3/h6-9,16H,4-5,10H2,1-3H3/b12-9+. The second kappa shape index (κ2) is 6.72. The summed E-state index contributed by atoms with van der Waals surface area (Å²) < 4.78 is 0. The summed E-state index contributed by atoms with van der Waals surface area (Å²) in [5.41, 5.74) is 3.92. The number of rotatable bonds is 5. The summed E-state index contributed by atoms with van der Waals surface area (Å²) >= 11 is 5.94. The first-order valence-corrected chi connectivity index (χ1v) is 6.21. The molecule has 1 N–H and O–H groups in total. The van der Waals surface area contributed by atoms with Gasteiger partial charge in [0.1, 0.15) is 0 Å². The Morgan fingerprint density at radius 2 is 2.12 bits per heavy atom. The van der Waals surface area contributed by atoms with Crippen LogP contribution in [-0.4, -0.2) is 13.1 Å². The molecule has 1 aromatic rings. The molecule has 0 heterocycles. The van der Waals surface area contributed by atoms with E-state index in [-0.39, 0.29) is 0 Å². The van der Waals surface area contributed by atoms with Crippen LogP contribution in [0.1, 0.15) is 31.4 Å². The van der Waals surface area contributed by atoms with Gasteiger partial charge < -0.3 is 5.32 Å². The summed E-state index contributed by atoms with van der Waals surface area (Å²) in [7, 11) is 0. The number of aryl methyl sites for hydroxylation is 1. The van der Waals surface area contributed by atoms with Crippen molar-refractivity contribution in [2.75, 3.05) is 13.1 Å². The second-order valence-electron chi connectivity index (χ2n) is 3.94. The van der Waals surface area contributed by atoms with Crippen LogP contribution in [0.2, 0.25) is 5.02 Å². The summed E-state index contributed by atoms with van der Waals surface area (Å²) in [4.78, 5) is 0. The van der Waals surface area contributed by atoms with Crippen molar-refractivity contribution in [3.05, 3.63) is 39.9 Å². The SMILES string of the molecule is CCNC/C(=C/c1ccc(Cl)cc1C)CC. The summed E-state index contributed by atoms with van der Waals surface area (Å²) in [6.45, 7) is 8.39. The molecule has 0 aromatic heterocycles. The number of hydrogen-bond acceptors (Lipinski definition) is 1. The van der Waals surface area contributed by atoms with Crippen LogP contribution in [0.5, 0.6) is 0 Å². The molecule has 1 rings (SSSR count). The van der Waals surface area contributed by atoms with Crippen LogP contribution in [0.15, 0.2) is 23.8 Å². The van der Waals surface area contributed by atoms with Crippen molar-refractivity contribution in [1.82, 2.24) is 5.32 Å². The Balaban J connectivity index is 2.86. The maximum atomic E-state index is 5.94. The van der Waals surface area contributed by atoms with Gasteiger partial charge in [0, 0.05) is 11.6 Å². The maximum Gasteiger partial charge on any atom is 0.0409 e. The second-order valence-corrected chi connectivity index (χ2v) is 4.37. The molecule has 0 aliphatic heterocycles. The third-order valence-corrected chi connectivity index (χ3v) is 2.88. The average Bonchev–Trinajstić information content (AvgIpc) is 2.27. The van der Waals surface area contributed by atoms with Gasteiger partial charge in [0.25, 0.3) is 0 Å². The third kappa shape index (κ3) is 3.99. The Hall–Kier alpha value is -0.790. The van der Waals surface area contributed by atoms with E-state index < -0.39 is 0 Å². The quantitative estimate of drug-likeness (QED) is 0.815. The van der Waals surface area contributed by atoms with Crippen molar-refractivity contribution in [3.8, 4) is 0 Å². The van der Waals surface area contributed by atoms with E-state index in [1.54, 1.807) is 0 Å². The summed E-state index contributed by atoms with van der Waals surface area (Å²) in [6, 6.07) is 6.04. The first kappa shape index (κ1) is 13.3. The van der Waals surface area contributed by atoms with Crippen LogP contribution in [0.3, 0.4) is 0 Å². The minimum absolute atomic E-state index is 0.805. The van der Waals surface area contributed by atoms with Gasteiger partial charge in [-0.05, 0) is 43.1 Å². The van der Waals surface area contributed by atoms with Crippen LogP contribution in [0.25, 0.3) is 6.08 Å². The van der Waals surface area contributed by atoms with E-state index in [9.17, 15) is 0 Å². The fourth-order valence-corrected chi connectivity index (χ4v) is 1.81. The summed E-state index contributed by atoms with van der Waals surface area (Å²) in [6.07, 6.45) is 3.34. The number of hydrogen-bond donors (Lipinski definition) is 1. The maximum absolute atomic E-state index is 5.94. The molecule has 0 amide bonds. The molecule has 0 spiro atoms. The Morgan fingerprint density at radius 3 is 2.69 bits per heavy atom. The highest BCUT2D eigenvalue weighted by Crippen LogP contribution is 2.18. The van der Waals surface area contributed by atoms with Crippen molar-refractivity contribution in [2.24, 2.45) is 0 Å². The summed E-state index contributed by atoms with van der Waals surface area (Å²) in [5.74, 6) is 0. The number of benzene rings is 1. The molecule has 0 aliphatic carbocycles. The van der Waals surface area contributed by atoms with E-state index in [0.717, 1.165) is 24.5 Å². The van der Waals surface area contributed by atoms with Gasteiger partial charge in [-0.15, -0.1) is 0 Å². The molecular weight excluding hydrogens is 218 g/mol. The van der Waals surface area contributed by atoms with E-state index in [4.69, 9.17) is 11.6 Å². The lowest BCUT2D eigenvalue weighted by Gasteiger charge is -2.07.